The minimum absolute atomic E-state index is 0. The number of aromatic nitrogens is 3. The molecule has 0 spiro atoms. The number of rotatable bonds is 8. The Bertz CT molecular complexity index is 1590. The number of carbonyl (C=O) groups is 7. The maximum Gasteiger partial charge on any atom is 0.417 e. The Morgan fingerprint density at radius 1 is 0.830 bits per heavy atom. The number of aryl methyl sites for hydroxylation is 1. The van der Waals surface area contributed by atoms with Crippen LogP contribution < -0.4 is 10.7 Å². The molecule has 20 heteroatoms. The summed E-state index contributed by atoms with van der Waals surface area (Å²) < 4.78 is 19.2. The van der Waals surface area contributed by atoms with Crippen molar-refractivity contribution in [3.8, 4) is 0 Å². The van der Waals surface area contributed by atoms with Crippen LogP contribution in [0.5, 0.6) is 0 Å². The van der Waals surface area contributed by atoms with Crippen LogP contribution in [0.2, 0.25) is 0 Å². The SMILES string of the molecule is CC(C)OC(=O)c1[nH]cnc1C(=O)O.CCN1CCN(C(=O)OC(C)C)C(=O)C1=O.CNC(=O)OC(C)C.Cc1cc(=O)c(C(=O)OC(C)C)c[nH]1.[B]. The van der Waals surface area contributed by atoms with Gasteiger partial charge in [-0.25, -0.2) is 33.9 Å². The molecule has 0 bridgehead atoms. The lowest BCUT2D eigenvalue weighted by Crippen LogP contribution is -2.56. The maximum absolute atomic E-state index is 11.6. The fourth-order valence-electron chi connectivity index (χ4n) is 3.58. The van der Waals surface area contributed by atoms with Gasteiger partial charge in [0.2, 0.25) is 0 Å². The number of carbonyl (C=O) groups excluding carboxylic acids is 6. The molecule has 3 heterocycles. The Balaban J connectivity index is 0. The average molecular weight is 750 g/mol. The molecule has 0 saturated carbocycles. The molecule has 3 rings (SSSR count). The van der Waals surface area contributed by atoms with E-state index in [0.717, 1.165) is 16.9 Å². The zero-order valence-electron chi connectivity index (χ0n) is 31.9. The van der Waals surface area contributed by atoms with Gasteiger partial charge in [-0.1, -0.05) is 0 Å². The van der Waals surface area contributed by atoms with Gasteiger partial charge in [-0.2, -0.15) is 0 Å². The minimum Gasteiger partial charge on any atom is -0.476 e. The number of likely N-dealkylation sites (N-methyl/N-ethyl adjacent to an activating group) is 1. The largest absolute Gasteiger partial charge is 0.476 e. The molecule has 1 fully saturated rings. The Morgan fingerprint density at radius 2 is 1.36 bits per heavy atom. The predicted octanol–water partition coefficient (Wildman–Crippen LogP) is 2.51. The van der Waals surface area contributed by atoms with Gasteiger partial charge in [-0.3, -0.25) is 14.4 Å². The highest BCUT2D eigenvalue weighted by atomic mass is 16.6. The molecule has 293 valence electrons. The van der Waals surface area contributed by atoms with E-state index in [4.69, 9.17) is 19.3 Å². The van der Waals surface area contributed by atoms with Gasteiger partial charge in [-0.05, 0) is 69.2 Å². The summed E-state index contributed by atoms with van der Waals surface area (Å²) in [5.74, 6) is -4.01. The number of imidazole rings is 1. The monoisotopic (exact) mass is 749 g/mol. The second kappa shape index (κ2) is 24.5. The summed E-state index contributed by atoms with van der Waals surface area (Å²) in [7, 11) is 1.53. The number of aromatic amines is 2. The number of hydrogen-bond acceptors (Lipinski definition) is 13. The van der Waals surface area contributed by atoms with Gasteiger partial charge in [0.1, 0.15) is 5.56 Å². The molecule has 0 aromatic carbocycles. The lowest BCUT2D eigenvalue weighted by atomic mass is 10.2. The highest BCUT2D eigenvalue weighted by Gasteiger charge is 2.36. The Morgan fingerprint density at radius 3 is 1.79 bits per heavy atom. The first-order valence-corrected chi connectivity index (χ1v) is 16.2. The van der Waals surface area contributed by atoms with Crippen molar-refractivity contribution >= 4 is 50.3 Å². The number of alkyl carbamates (subject to hydrolysis) is 1. The molecule has 4 amide bonds. The highest BCUT2D eigenvalue weighted by Crippen LogP contribution is 2.08. The first kappa shape index (κ1) is 49.4. The molecular weight excluding hydrogens is 699 g/mol. The van der Waals surface area contributed by atoms with Crippen LogP contribution in [0.25, 0.3) is 0 Å². The standard InChI is InChI=1S/C10H16N2O4.C10H13NO3.C8H10N2O4.C5H11NO2.B/c1-4-11-5-6-12(9(14)8(11)13)10(15)16-7(2)3;1-6(2)14-10(13)8-5-11-7(3)4-9(8)12;1-4(2)14-8(13)6-5(7(11)12)9-3-10-6;1-4(2)8-5(7)6-3;/h7H,4-6H2,1-3H3;4-6H,1-3H3,(H,11,12);3-4H,1-2H3,(H,9,10)(H,11,12);4H,1-3H3,(H,6,7);. The molecule has 1 aliphatic rings. The fourth-order valence-corrected chi connectivity index (χ4v) is 3.58. The van der Waals surface area contributed by atoms with Crippen molar-refractivity contribution in [3.63, 3.8) is 0 Å². The number of esters is 2. The van der Waals surface area contributed by atoms with Crippen LogP contribution in [-0.4, -0.2) is 131 Å². The Labute approximate surface area is 309 Å². The number of pyridine rings is 1. The number of imide groups is 1. The van der Waals surface area contributed by atoms with E-state index in [9.17, 15) is 38.4 Å². The summed E-state index contributed by atoms with van der Waals surface area (Å²) in [5.41, 5.74) is -0.00542. The van der Waals surface area contributed by atoms with E-state index in [1.54, 1.807) is 69.2 Å². The maximum atomic E-state index is 11.6. The number of ether oxygens (including phenoxy) is 4. The zero-order valence-corrected chi connectivity index (χ0v) is 31.9. The molecule has 19 nitrogen and oxygen atoms in total. The van der Waals surface area contributed by atoms with E-state index in [1.165, 1.54) is 24.2 Å². The van der Waals surface area contributed by atoms with Crippen LogP contribution in [-0.2, 0) is 28.5 Å². The average Bonchev–Trinajstić information content (AvgIpc) is 3.53. The van der Waals surface area contributed by atoms with Crippen LogP contribution in [0.1, 0.15) is 99.3 Å². The van der Waals surface area contributed by atoms with Gasteiger partial charge in [-0.15, -0.1) is 0 Å². The van der Waals surface area contributed by atoms with Crippen molar-refractivity contribution in [2.24, 2.45) is 0 Å². The van der Waals surface area contributed by atoms with Crippen LogP contribution >= 0.6 is 0 Å². The molecule has 0 unspecified atom stereocenters. The normalized spacial score (nSPS) is 11.9. The van der Waals surface area contributed by atoms with Gasteiger partial charge >= 0.3 is 41.9 Å². The van der Waals surface area contributed by atoms with Crippen molar-refractivity contribution in [1.29, 1.82) is 0 Å². The van der Waals surface area contributed by atoms with Gasteiger partial charge < -0.3 is 44.2 Å². The van der Waals surface area contributed by atoms with Crippen molar-refractivity contribution in [2.45, 2.75) is 93.7 Å². The number of piperazine rings is 1. The third kappa shape index (κ3) is 18.4. The van der Waals surface area contributed by atoms with E-state index in [2.05, 4.69) is 25.0 Å². The van der Waals surface area contributed by atoms with Crippen LogP contribution in [0.4, 0.5) is 9.59 Å². The second-order valence-corrected chi connectivity index (χ2v) is 11.7. The van der Waals surface area contributed by atoms with Gasteiger partial charge in [0.05, 0.1) is 37.3 Å². The van der Waals surface area contributed by atoms with Crippen molar-refractivity contribution in [2.75, 3.05) is 26.7 Å². The van der Waals surface area contributed by atoms with E-state index >= 15 is 0 Å². The Hall–Kier alpha value is -5.69. The third-order valence-corrected chi connectivity index (χ3v) is 5.80. The molecule has 2 aromatic heterocycles. The summed E-state index contributed by atoms with van der Waals surface area (Å²) in [6.07, 6.45) is 0.539. The van der Waals surface area contributed by atoms with Crippen LogP contribution in [0.15, 0.2) is 23.4 Å². The summed E-state index contributed by atoms with van der Waals surface area (Å²) in [6, 6.07) is 1.37. The summed E-state index contributed by atoms with van der Waals surface area (Å²) in [4.78, 5) is 100. The number of amides is 4. The molecule has 4 N–H and O–H groups in total. The van der Waals surface area contributed by atoms with E-state index in [-0.39, 0.29) is 67.8 Å². The molecule has 1 saturated heterocycles. The van der Waals surface area contributed by atoms with Crippen molar-refractivity contribution < 1.29 is 57.6 Å². The number of H-pyrrole nitrogens is 2. The zero-order chi connectivity index (χ0) is 40.3. The highest BCUT2D eigenvalue weighted by molar-refractivity contribution is 6.37. The molecular formula is C33H50BN6O13. The molecule has 3 radical (unpaired) electrons. The first-order valence-electron chi connectivity index (χ1n) is 16.2. The molecule has 1 aliphatic heterocycles. The van der Waals surface area contributed by atoms with E-state index in [0.29, 0.717) is 13.1 Å². The minimum atomic E-state index is -1.26. The molecule has 0 aliphatic carbocycles. The first-order chi connectivity index (χ1) is 24.2. The lowest BCUT2D eigenvalue weighted by Gasteiger charge is -2.31. The number of carboxylic acids is 1. The van der Waals surface area contributed by atoms with E-state index < -0.39 is 35.8 Å². The topological polar surface area (TPSA) is 257 Å². The summed E-state index contributed by atoms with van der Waals surface area (Å²) >= 11 is 0. The quantitative estimate of drug-likeness (QED) is 0.131. The van der Waals surface area contributed by atoms with Gasteiger partial charge in [0.15, 0.2) is 16.8 Å². The number of nitrogens with zero attached hydrogens (tertiary/aromatic N) is 3. The van der Waals surface area contributed by atoms with Gasteiger partial charge in [0, 0.05) is 46.5 Å². The van der Waals surface area contributed by atoms with Crippen LogP contribution in [0.3, 0.4) is 0 Å². The second-order valence-electron chi connectivity index (χ2n) is 11.7. The number of aromatic carboxylic acids is 1. The number of carboxylic acid groups (broad SMARTS) is 1. The number of hydrogen-bond donors (Lipinski definition) is 4. The predicted molar refractivity (Wildman–Crippen MR) is 190 cm³/mol. The summed E-state index contributed by atoms with van der Waals surface area (Å²) in [5, 5.41) is 11.0. The van der Waals surface area contributed by atoms with Crippen molar-refractivity contribution in [3.05, 3.63) is 51.5 Å². The Kier molecular flexibility index (Phi) is 22.8. The van der Waals surface area contributed by atoms with Gasteiger partial charge in [0.25, 0.3) is 0 Å². The molecule has 2 aromatic rings. The fraction of sp³-hybridized carbons (Fsp3) is 0.545. The lowest BCUT2D eigenvalue weighted by molar-refractivity contribution is -0.154. The van der Waals surface area contributed by atoms with Crippen molar-refractivity contribution in [1.82, 2.24) is 30.1 Å². The third-order valence-electron chi connectivity index (χ3n) is 5.80. The molecule has 53 heavy (non-hydrogen) atoms. The van der Waals surface area contributed by atoms with Crippen LogP contribution in [0, 0.1) is 6.92 Å². The smallest absolute Gasteiger partial charge is 0.417 e. The number of nitrogens with one attached hydrogen (secondary N) is 3. The summed E-state index contributed by atoms with van der Waals surface area (Å²) in [6.45, 7) is 18.4. The van der Waals surface area contributed by atoms with E-state index in [1.807, 2.05) is 0 Å². The molecule has 0 atom stereocenters.